The van der Waals surface area contributed by atoms with Crippen LogP contribution in [-0.2, 0) is 0 Å². The highest BCUT2D eigenvalue weighted by atomic mass is 16.2. The zero-order chi connectivity index (χ0) is 18.2. The summed E-state index contributed by atoms with van der Waals surface area (Å²) >= 11 is 0. The van der Waals surface area contributed by atoms with Gasteiger partial charge < -0.3 is 10.6 Å². The first-order valence-corrected chi connectivity index (χ1v) is 8.53. The molecule has 2 aromatic heterocycles. The van der Waals surface area contributed by atoms with Crippen molar-refractivity contribution in [3.05, 3.63) is 60.2 Å². The maximum Gasteiger partial charge on any atom is 0.253 e. The van der Waals surface area contributed by atoms with Crippen molar-refractivity contribution in [1.82, 2.24) is 30.4 Å². The number of nitrogens with one attached hydrogen (secondary N) is 2. The summed E-state index contributed by atoms with van der Waals surface area (Å²) in [5.41, 5.74) is 1.12. The number of carbonyl (C=O) groups is 2. The zero-order valence-electron chi connectivity index (χ0n) is 14.5. The first kappa shape index (κ1) is 18.0. The molecule has 0 aromatic carbocycles. The average molecular weight is 354 g/mol. The average Bonchev–Trinajstić information content (AvgIpc) is 2.72. The molecule has 0 atom stereocenters. The van der Waals surface area contributed by atoms with Gasteiger partial charge in [-0.2, -0.15) is 0 Å². The van der Waals surface area contributed by atoms with Gasteiger partial charge in [-0.15, -0.1) is 0 Å². The minimum atomic E-state index is -0.121. The Morgan fingerprint density at radius 2 is 1.23 bits per heavy atom. The monoisotopic (exact) mass is 354 g/mol. The number of carbonyl (C=O) groups excluding carboxylic acids is 2. The fourth-order valence-electron chi connectivity index (χ4n) is 2.67. The molecule has 0 radical (unpaired) electrons. The lowest BCUT2D eigenvalue weighted by atomic mass is 10.2. The maximum atomic E-state index is 12.0. The SMILES string of the molecule is O=C(NCN1CCN(CNC(=O)c2cccnc2)CC1)c1cccnc1. The normalized spacial score (nSPS) is 15.4. The molecule has 0 unspecified atom stereocenters. The van der Waals surface area contributed by atoms with Crippen molar-refractivity contribution in [3.8, 4) is 0 Å². The second kappa shape index (κ2) is 9.02. The molecule has 2 amide bonds. The number of pyridine rings is 2. The third kappa shape index (κ3) is 5.08. The van der Waals surface area contributed by atoms with Crippen LogP contribution in [0, 0.1) is 0 Å². The second-order valence-electron chi connectivity index (χ2n) is 6.05. The highest BCUT2D eigenvalue weighted by molar-refractivity contribution is 5.94. The Hall–Kier alpha value is -2.84. The van der Waals surface area contributed by atoms with E-state index in [0.29, 0.717) is 24.5 Å². The molecule has 1 aliphatic rings. The molecule has 136 valence electrons. The molecule has 0 saturated carbocycles. The highest BCUT2D eigenvalue weighted by Crippen LogP contribution is 2.01. The Labute approximate surface area is 152 Å². The van der Waals surface area contributed by atoms with E-state index < -0.39 is 0 Å². The van der Waals surface area contributed by atoms with Crippen LogP contribution in [0.1, 0.15) is 20.7 Å². The summed E-state index contributed by atoms with van der Waals surface area (Å²) in [4.78, 5) is 36.3. The Morgan fingerprint density at radius 1 is 0.808 bits per heavy atom. The molecule has 3 rings (SSSR count). The number of amides is 2. The van der Waals surface area contributed by atoms with Crippen LogP contribution in [0.2, 0.25) is 0 Å². The number of hydrogen-bond acceptors (Lipinski definition) is 6. The van der Waals surface area contributed by atoms with E-state index in [1.54, 1.807) is 49.1 Å². The molecule has 0 bridgehead atoms. The van der Waals surface area contributed by atoms with E-state index in [1.807, 2.05) is 0 Å². The summed E-state index contributed by atoms with van der Waals surface area (Å²) in [5, 5.41) is 5.81. The van der Waals surface area contributed by atoms with Gasteiger partial charge in [-0.1, -0.05) is 0 Å². The minimum Gasteiger partial charge on any atom is -0.339 e. The van der Waals surface area contributed by atoms with Gasteiger partial charge in [0.05, 0.1) is 24.5 Å². The molecular formula is C18H22N6O2. The van der Waals surface area contributed by atoms with Crippen molar-refractivity contribution in [2.45, 2.75) is 0 Å². The van der Waals surface area contributed by atoms with Gasteiger partial charge in [0, 0.05) is 51.0 Å². The van der Waals surface area contributed by atoms with Crippen molar-refractivity contribution in [2.75, 3.05) is 39.5 Å². The predicted octanol–water partition coefficient (Wildman–Crippen LogP) is 0.169. The summed E-state index contributed by atoms with van der Waals surface area (Å²) in [7, 11) is 0. The lowest BCUT2D eigenvalue weighted by molar-refractivity contribution is 0.0810. The zero-order valence-corrected chi connectivity index (χ0v) is 14.5. The fourth-order valence-corrected chi connectivity index (χ4v) is 2.67. The molecule has 8 nitrogen and oxygen atoms in total. The summed E-state index contributed by atoms with van der Waals surface area (Å²) in [5.74, 6) is -0.242. The van der Waals surface area contributed by atoms with Crippen LogP contribution in [0.15, 0.2) is 49.1 Å². The summed E-state index contributed by atoms with van der Waals surface area (Å²) in [6.45, 7) is 4.32. The van der Waals surface area contributed by atoms with E-state index in [9.17, 15) is 9.59 Å². The summed E-state index contributed by atoms with van der Waals surface area (Å²) in [6.07, 6.45) is 6.39. The van der Waals surface area contributed by atoms with E-state index >= 15 is 0 Å². The summed E-state index contributed by atoms with van der Waals surface area (Å²) < 4.78 is 0. The first-order chi connectivity index (χ1) is 12.7. The molecule has 3 heterocycles. The lowest BCUT2D eigenvalue weighted by Crippen LogP contribution is -2.52. The van der Waals surface area contributed by atoms with Gasteiger partial charge in [0.25, 0.3) is 11.8 Å². The molecule has 0 spiro atoms. The van der Waals surface area contributed by atoms with E-state index in [2.05, 4.69) is 30.4 Å². The van der Waals surface area contributed by atoms with Crippen molar-refractivity contribution in [3.63, 3.8) is 0 Å². The highest BCUT2D eigenvalue weighted by Gasteiger charge is 2.18. The third-order valence-electron chi connectivity index (χ3n) is 4.24. The van der Waals surface area contributed by atoms with Crippen molar-refractivity contribution in [2.24, 2.45) is 0 Å². The maximum absolute atomic E-state index is 12.0. The lowest BCUT2D eigenvalue weighted by Gasteiger charge is -2.34. The molecule has 26 heavy (non-hydrogen) atoms. The van der Waals surface area contributed by atoms with Gasteiger partial charge in [-0.05, 0) is 24.3 Å². The van der Waals surface area contributed by atoms with E-state index in [0.717, 1.165) is 26.2 Å². The van der Waals surface area contributed by atoms with Crippen LogP contribution in [0.25, 0.3) is 0 Å². The van der Waals surface area contributed by atoms with Gasteiger partial charge in [-0.25, -0.2) is 0 Å². The fraction of sp³-hybridized carbons (Fsp3) is 0.333. The smallest absolute Gasteiger partial charge is 0.253 e. The minimum absolute atomic E-state index is 0.121. The molecule has 2 N–H and O–H groups in total. The largest absolute Gasteiger partial charge is 0.339 e. The topological polar surface area (TPSA) is 90.5 Å². The Bertz CT molecular complexity index is 653. The number of piperazine rings is 1. The predicted molar refractivity (Wildman–Crippen MR) is 96.3 cm³/mol. The second-order valence-corrected chi connectivity index (χ2v) is 6.05. The van der Waals surface area contributed by atoms with Crippen LogP contribution in [0.4, 0.5) is 0 Å². The quantitative estimate of drug-likeness (QED) is 0.769. The van der Waals surface area contributed by atoms with Gasteiger partial charge in [0.15, 0.2) is 0 Å². The van der Waals surface area contributed by atoms with E-state index in [-0.39, 0.29) is 11.8 Å². The first-order valence-electron chi connectivity index (χ1n) is 8.53. The van der Waals surface area contributed by atoms with Gasteiger partial charge in [0.2, 0.25) is 0 Å². The number of rotatable bonds is 6. The van der Waals surface area contributed by atoms with Gasteiger partial charge >= 0.3 is 0 Å². The number of nitrogens with zero attached hydrogens (tertiary/aromatic N) is 4. The molecule has 8 heteroatoms. The molecule has 1 aliphatic heterocycles. The van der Waals surface area contributed by atoms with E-state index in [4.69, 9.17) is 0 Å². The number of aromatic nitrogens is 2. The molecule has 1 fully saturated rings. The third-order valence-corrected chi connectivity index (χ3v) is 4.24. The Kier molecular flexibility index (Phi) is 6.24. The number of hydrogen-bond donors (Lipinski definition) is 2. The molecular weight excluding hydrogens is 332 g/mol. The van der Waals surface area contributed by atoms with Crippen LogP contribution in [0.5, 0.6) is 0 Å². The van der Waals surface area contributed by atoms with Crippen LogP contribution >= 0.6 is 0 Å². The van der Waals surface area contributed by atoms with Crippen molar-refractivity contribution in [1.29, 1.82) is 0 Å². The standard InChI is InChI=1S/C18H22N6O2/c25-17(15-3-1-5-19-11-15)21-13-23-7-9-24(10-8-23)14-22-18(26)16-4-2-6-20-12-16/h1-6,11-12H,7-10,13-14H2,(H,21,25)(H,22,26). The van der Waals surface area contributed by atoms with Crippen molar-refractivity contribution < 1.29 is 9.59 Å². The van der Waals surface area contributed by atoms with Crippen LogP contribution < -0.4 is 10.6 Å². The van der Waals surface area contributed by atoms with Crippen LogP contribution in [0.3, 0.4) is 0 Å². The molecule has 1 saturated heterocycles. The van der Waals surface area contributed by atoms with Crippen molar-refractivity contribution >= 4 is 11.8 Å². The van der Waals surface area contributed by atoms with Gasteiger partial charge in [0.1, 0.15) is 0 Å². The summed E-state index contributed by atoms with van der Waals surface area (Å²) in [6, 6.07) is 6.97. The van der Waals surface area contributed by atoms with E-state index in [1.165, 1.54) is 0 Å². The molecule has 0 aliphatic carbocycles. The Balaban J connectivity index is 1.35. The van der Waals surface area contributed by atoms with Gasteiger partial charge in [-0.3, -0.25) is 29.4 Å². The molecule has 2 aromatic rings. The Morgan fingerprint density at radius 3 is 1.58 bits per heavy atom. The van der Waals surface area contributed by atoms with Crippen LogP contribution in [-0.4, -0.2) is 71.1 Å².